The molecule has 0 aliphatic rings. The fraction of sp³-hybridized carbons (Fsp3) is 0.385. The Morgan fingerprint density at radius 3 is 2.89 bits per heavy atom. The van der Waals surface area contributed by atoms with Gasteiger partial charge in [0.1, 0.15) is 0 Å². The maximum atomic E-state index is 13.0. The zero-order valence-electron chi connectivity index (χ0n) is 10.5. The SMILES string of the molecule is COCCNCc1cn(C(F)F)c2cc(Cl)ccc12. The normalized spacial score (nSPS) is 11.6. The molecule has 0 saturated carbocycles. The van der Waals surface area contributed by atoms with Crippen LogP contribution in [0.1, 0.15) is 12.1 Å². The van der Waals surface area contributed by atoms with Gasteiger partial charge in [-0.1, -0.05) is 17.7 Å². The van der Waals surface area contributed by atoms with Crippen molar-refractivity contribution >= 4 is 22.5 Å². The summed E-state index contributed by atoms with van der Waals surface area (Å²) in [6.07, 6.45) is 1.46. The summed E-state index contributed by atoms with van der Waals surface area (Å²) in [4.78, 5) is 0. The lowest BCUT2D eigenvalue weighted by atomic mass is 10.2. The van der Waals surface area contributed by atoms with Gasteiger partial charge >= 0.3 is 6.55 Å². The van der Waals surface area contributed by atoms with E-state index in [0.717, 1.165) is 15.5 Å². The first-order valence-corrected chi connectivity index (χ1v) is 6.28. The first kappa shape index (κ1) is 14.2. The molecule has 1 aromatic carbocycles. The first-order valence-electron chi connectivity index (χ1n) is 5.90. The van der Waals surface area contributed by atoms with E-state index in [2.05, 4.69) is 5.32 Å². The van der Waals surface area contributed by atoms with Crippen LogP contribution in [0.4, 0.5) is 8.78 Å². The molecule has 0 spiro atoms. The van der Waals surface area contributed by atoms with E-state index in [9.17, 15) is 8.78 Å². The molecule has 1 heterocycles. The smallest absolute Gasteiger partial charge is 0.319 e. The number of rotatable bonds is 6. The summed E-state index contributed by atoms with van der Waals surface area (Å²) in [5.74, 6) is 0. The molecule has 0 unspecified atom stereocenters. The number of aromatic nitrogens is 1. The lowest BCUT2D eigenvalue weighted by Gasteiger charge is -2.02. The molecule has 104 valence electrons. The van der Waals surface area contributed by atoms with E-state index in [1.807, 2.05) is 0 Å². The van der Waals surface area contributed by atoms with Gasteiger partial charge in [0.15, 0.2) is 0 Å². The van der Waals surface area contributed by atoms with Crippen molar-refractivity contribution in [3.8, 4) is 0 Å². The van der Waals surface area contributed by atoms with E-state index in [4.69, 9.17) is 16.3 Å². The highest BCUT2D eigenvalue weighted by Crippen LogP contribution is 2.28. The lowest BCUT2D eigenvalue weighted by Crippen LogP contribution is -2.18. The topological polar surface area (TPSA) is 26.2 Å². The molecular formula is C13H15ClF2N2O. The van der Waals surface area contributed by atoms with Crippen molar-refractivity contribution in [2.75, 3.05) is 20.3 Å². The molecule has 3 nitrogen and oxygen atoms in total. The molecule has 19 heavy (non-hydrogen) atoms. The Labute approximate surface area is 115 Å². The number of nitrogens with one attached hydrogen (secondary N) is 1. The van der Waals surface area contributed by atoms with Crippen molar-refractivity contribution in [2.24, 2.45) is 0 Å². The molecule has 0 atom stereocenters. The second kappa shape index (κ2) is 6.32. The molecule has 0 aliphatic heterocycles. The number of halogens is 3. The zero-order chi connectivity index (χ0) is 13.8. The van der Waals surface area contributed by atoms with Gasteiger partial charge in [-0.05, 0) is 17.7 Å². The quantitative estimate of drug-likeness (QED) is 0.824. The Morgan fingerprint density at radius 1 is 1.42 bits per heavy atom. The van der Waals surface area contributed by atoms with Gasteiger partial charge in [0.05, 0.1) is 12.1 Å². The van der Waals surface area contributed by atoms with E-state index < -0.39 is 6.55 Å². The van der Waals surface area contributed by atoms with E-state index in [1.54, 1.807) is 25.3 Å². The standard InChI is InChI=1S/C13H15ClF2N2O/c1-19-5-4-17-7-9-8-18(13(15)16)12-6-10(14)2-3-11(9)12/h2-3,6,8,13,17H,4-5,7H2,1H3. The maximum absolute atomic E-state index is 13.0. The Hall–Kier alpha value is -1.17. The predicted octanol–water partition coefficient (Wildman–Crippen LogP) is 3.43. The fourth-order valence-corrected chi connectivity index (χ4v) is 2.16. The summed E-state index contributed by atoms with van der Waals surface area (Å²) >= 11 is 5.86. The lowest BCUT2D eigenvalue weighted by molar-refractivity contribution is 0.0750. The van der Waals surface area contributed by atoms with Crippen molar-refractivity contribution in [2.45, 2.75) is 13.1 Å². The monoisotopic (exact) mass is 288 g/mol. The summed E-state index contributed by atoms with van der Waals surface area (Å²) in [5.41, 5.74) is 1.27. The molecule has 6 heteroatoms. The van der Waals surface area contributed by atoms with Crippen LogP contribution in [0, 0.1) is 0 Å². The second-order valence-corrected chi connectivity index (χ2v) is 4.61. The summed E-state index contributed by atoms with van der Waals surface area (Å²) < 4.78 is 31.8. The summed E-state index contributed by atoms with van der Waals surface area (Å²) in [7, 11) is 1.62. The van der Waals surface area contributed by atoms with E-state index in [0.29, 0.717) is 30.2 Å². The summed E-state index contributed by atoms with van der Waals surface area (Å²) in [6, 6.07) is 5.03. The van der Waals surface area contributed by atoms with Crippen LogP contribution >= 0.6 is 11.6 Å². The molecule has 1 N–H and O–H groups in total. The van der Waals surface area contributed by atoms with Crippen LogP contribution in [0.2, 0.25) is 5.02 Å². The predicted molar refractivity (Wildman–Crippen MR) is 71.8 cm³/mol. The molecule has 0 fully saturated rings. The Bertz CT molecular complexity index is 557. The van der Waals surface area contributed by atoms with Crippen molar-refractivity contribution in [3.63, 3.8) is 0 Å². The Morgan fingerprint density at radius 2 is 2.21 bits per heavy atom. The van der Waals surface area contributed by atoms with Crippen LogP contribution in [-0.4, -0.2) is 24.8 Å². The highest BCUT2D eigenvalue weighted by molar-refractivity contribution is 6.31. The average Bonchev–Trinajstić information content (AvgIpc) is 2.73. The third-order valence-corrected chi connectivity index (χ3v) is 3.12. The molecule has 2 aromatic rings. The minimum Gasteiger partial charge on any atom is -0.383 e. The van der Waals surface area contributed by atoms with Gasteiger partial charge in [0.2, 0.25) is 0 Å². The van der Waals surface area contributed by atoms with Crippen LogP contribution < -0.4 is 5.32 Å². The highest BCUT2D eigenvalue weighted by atomic mass is 35.5. The number of benzene rings is 1. The molecule has 0 saturated heterocycles. The van der Waals surface area contributed by atoms with Gasteiger partial charge in [-0.3, -0.25) is 4.57 Å². The molecular weight excluding hydrogens is 274 g/mol. The number of hydrogen-bond acceptors (Lipinski definition) is 2. The minimum atomic E-state index is -2.58. The van der Waals surface area contributed by atoms with Crippen molar-refractivity contribution in [3.05, 3.63) is 35.0 Å². The molecule has 0 aliphatic carbocycles. The highest BCUT2D eigenvalue weighted by Gasteiger charge is 2.14. The van der Waals surface area contributed by atoms with Gasteiger partial charge in [0.25, 0.3) is 0 Å². The maximum Gasteiger partial charge on any atom is 0.319 e. The minimum absolute atomic E-state index is 0.450. The molecule has 0 amide bonds. The zero-order valence-corrected chi connectivity index (χ0v) is 11.3. The van der Waals surface area contributed by atoms with Gasteiger partial charge in [-0.15, -0.1) is 0 Å². The van der Waals surface area contributed by atoms with Gasteiger partial charge in [-0.2, -0.15) is 8.78 Å². The van der Waals surface area contributed by atoms with Crippen LogP contribution in [0.15, 0.2) is 24.4 Å². The van der Waals surface area contributed by atoms with Crippen molar-refractivity contribution in [1.29, 1.82) is 0 Å². The number of ether oxygens (including phenoxy) is 1. The second-order valence-electron chi connectivity index (χ2n) is 4.17. The Kier molecular flexibility index (Phi) is 4.74. The molecule has 2 rings (SSSR count). The largest absolute Gasteiger partial charge is 0.383 e. The number of fused-ring (bicyclic) bond motifs is 1. The number of hydrogen-bond donors (Lipinski definition) is 1. The third kappa shape index (κ3) is 3.23. The van der Waals surface area contributed by atoms with Gasteiger partial charge < -0.3 is 10.1 Å². The first-order chi connectivity index (χ1) is 9.13. The van der Waals surface area contributed by atoms with E-state index >= 15 is 0 Å². The number of alkyl halides is 2. The van der Waals surface area contributed by atoms with Crippen molar-refractivity contribution < 1.29 is 13.5 Å². The number of methoxy groups -OCH3 is 1. The average molecular weight is 289 g/mol. The van der Waals surface area contributed by atoms with Gasteiger partial charge in [0, 0.05) is 36.8 Å². The molecule has 0 bridgehead atoms. The fourth-order valence-electron chi connectivity index (χ4n) is 2.00. The van der Waals surface area contributed by atoms with Gasteiger partial charge in [-0.25, -0.2) is 0 Å². The van der Waals surface area contributed by atoms with E-state index in [1.165, 1.54) is 6.20 Å². The summed E-state index contributed by atoms with van der Waals surface area (Å²) in [6.45, 7) is -0.805. The Balaban J connectivity index is 2.28. The van der Waals surface area contributed by atoms with Crippen molar-refractivity contribution in [1.82, 2.24) is 9.88 Å². The van der Waals surface area contributed by atoms with Crippen LogP contribution in [0.5, 0.6) is 0 Å². The van der Waals surface area contributed by atoms with Crippen LogP contribution in [-0.2, 0) is 11.3 Å². The molecule has 0 radical (unpaired) electrons. The van der Waals surface area contributed by atoms with Crippen LogP contribution in [0.3, 0.4) is 0 Å². The van der Waals surface area contributed by atoms with E-state index in [-0.39, 0.29) is 0 Å². The summed E-state index contributed by atoms with van der Waals surface area (Å²) in [5, 5.41) is 4.38. The number of nitrogens with zero attached hydrogens (tertiary/aromatic N) is 1. The third-order valence-electron chi connectivity index (χ3n) is 2.89. The van der Waals surface area contributed by atoms with Crippen LogP contribution in [0.25, 0.3) is 10.9 Å². The molecule has 1 aromatic heterocycles.